The molecular formula is C25H21FINO5. The highest BCUT2D eigenvalue weighted by molar-refractivity contribution is 14.1. The first-order valence-electron chi connectivity index (χ1n) is 10.0. The number of aliphatic carboxylic acids is 1. The number of benzene rings is 3. The molecule has 0 aliphatic heterocycles. The van der Waals surface area contributed by atoms with Crippen LogP contribution in [0.15, 0.2) is 72.4 Å². The summed E-state index contributed by atoms with van der Waals surface area (Å²) in [6.07, 6.45) is 1.34. The van der Waals surface area contributed by atoms with Gasteiger partial charge in [-0.15, -0.1) is 0 Å². The predicted octanol–water partition coefficient (Wildman–Crippen LogP) is 5.26. The van der Waals surface area contributed by atoms with Gasteiger partial charge in [0.2, 0.25) is 0 Å². The van der Waals surface area contributed by atoms with Crippen LogP contribution in [0, 0.1) is 9.39 Å². The van der Waals surface area contributed by atoms with Crippen LogP contribution in [0.4, 0.5) is 4.39 Å². The third kappa shape index (κ3) is 6.55. The minimum Gasteiger partial charge on any atom is -0.490 e. The molecule has 0 radical (unpaired) electrons. The quantitative estimate of drug-likeness (QED) is 0.275. The van der Waals surface area contributed by atoms with Gasteiger partial charge in [0.25, 0.3) is 5.91 Å². The fraction of sp³-hybridized carbons (Fsp3) is 0.120. The summed E-state index contributed by atoms with van der Waals surface area (Å²) in [6, 6.07) is 17.9. The molecule has 0 saturated heterocycles. The van der Waals surface area contributed by atoms with Crippen LogP contribution in [-0.4, -0.2) is 23.6 Å². The molecule has 8 heteroatoms. The SMILES string of the molecule is CCOc1cc(C=C(NC(=O)c2ccccc2)C(=O)O)cc(I)c1OCc1ccccc1F. The Balaban J connectivity index is 1.88. The Hall–Kier alpha value is -3.40. The molecule has 0 aliphatic rings. The number of carbonyl (C=O) groups excluding carboxylic acids is 1. The molecule has 3 rings (SSSR count). The van der Waals surface area contributed by atoms with Crippen LogP contribution in [-0.2, 0) is 11.4 Å². The zero-order valence-corrected chi connectivity index (χ0v) is 19.8. The number of ether oxygens (including phenoxy) is 2. The molecule has 2 N–H and O–H groups in total. The maximum atomic E-state index is 13.9. The van der Waals surface area contributed by atoms with Crippen molar-refractivity contribution in [2.75, 3.05) is 6.61 Å². The van der Waals surface area contributed by atoms with Crippen LogP contribution in [0.25, 0.3) is 6.08 Å². The van der Waals surface area contributed by atoms with E-state index in [4.69, 9.17) is 9.47 Å². The first-order chi connectivity index (χ1) is 15.9. The number of carboxylic acid groups (broad SMARTS) is 1. The van der Waals surface area contributed by atoms with Crippen molar-refractivity contribution in [1.82, 2.24) is 5.32 Å². The fourth-order valence-corrected chi connectivity index (χ4v) is 3.72. The second-order valence-electron chi connectivity index (χ2n) is 6.83. The number of rotatable bonds is 9. The molecule has 33 heavy (non-hydrogen) atoms. The normalized spacial score (nSPS) is 11.1. The largest absolute Gasteiger partial charge is 0.490 e. The van der Waals surface area contributed by atoms with E-state index in [1.54, 1.807) is 67.6 Å². The highest BCUT2D eigenvalue weighted by atomic mass is 127. The summed E-state index contributed by atoms with van der Waals surface area (Å²) in [4.78, 5) is 24.1. The van der Waals surface area contributed by atoms with Crippen molar-refractivity contribution in [3.8, 4) is 11.5 Å². The molecule has 0 saturated carbocycles. The highest BCUT2D eigenvalue weighted by Crippen LogP contribution is 2.35. The van der Waals surface area contributed by atoms with E-state index in [0.717, 1.165) is 0 Å². The van der Waals surface area contributed by atoms with Crippen LogP contribution in [0.1, 0.15) is 28.4 Å². The predicted molar refractivity (Wildman–Crippen MR) is 131 cm³/mol. The Morgan fingerprint density at radius 3 is 2.42 bits per heavy atom. The van der Waals surface area contributed by atoms with Gasteiger partial charge in [-0.25, -0.2) is 9.18 Å². The van der Waals surface area contributed by atoms with Crippen molar-refractivity contribution >= 4 is 40.5 Å². The summed E-state index contributed by atoms with van der Waals surface area (Å²) in [7, 11) is 0. The maximum Gasteiger partial charge on any atom is 0.352 e. The second kappa shape index (κ2) is 11.5. The van der Waals surface area contributed by atoms with Gasteiger partial charge in [0.15, 0.2) is 11.5 Å². The van der Waals surface area contributed by atoms with E-state index in [-0.39, 0.29) is 18.1 Å². The van der Waals surface area contributed by atoms with Gasteiger partial charge in [-0.2, -0.15) is 0 Å². The van der Waals surface area contributed by atoms with Crippen LogP contribution in [0.3, 0.4) is 0 Å². The standard InChI is InChI=1S/C25H21FINO5/c1-2-32-22-14-16(12-20(27)23(22)33-15-18-10-6-7-11-19(18)26)13-21(25(30)31)28-24(29)17-8-4-3-5-9-17/h3-14H,2,15H2,1H3,(H,28,29)(H,30,31). The van der Waals surface area contributed by atoms with Crippen LogP contribution in [0.2, 0.25) is 0 Å². The molecule has 6 nitrogen and oxygen atoms in total. The average Bonchev–Trinajstić information content (AvgIpc) is 2.80. The van der Waals surface area contributed by atoms with Crippen molar-refractivity contribution in [3.63, 3.8) is 0 Å². The van der Waals surface area contributed by atoms with Gasteiger partial charge in [-0.3, -0.25) is 4.79 Å². The lowest BCUT2D eigenvalue weighted by Gasteiger charge is -2.15. The number of hydrogen-bond acceptors (Lipinski definition) is 4. The molecule has 0 spiro atoms. The zero-order valence-electron chi connectivity index (χ0n) is 17.7. The second-order valence-corrected chi connectivity index (χ2v) is 7.99. The highest BCUT2D eigenvalue weighted by Gasteiger charge is 2.16. The molecule has 0 fully saturated rings. The maximum absolute atomic E-state index is 13.9. The van der Waals surface area contributed by atoms with Gasteiger partial charge in [-0.05, 0) is 71.5 Å². The van der Waals surface area contributed by atoms with Crippen molar-refractivity contribution in [3.05, 3.63) is 98.5 Å². The number of hydrogen-bond donors (Lipinski definition) is 2. The zero-order chi connectivity index (χ0) is 23.8. The van der Waals surface area contributed by atoms with E-state index in [9.17, 15) is 19.1 Å². The van der Waals surface area contributed by atoms with Crippen molar-refractivity contribution in [1.29, 1.82) is 0 Å². The van der Waals surface area contributed by atoms with Crippen molar-refractivity contribution < 1.29 is 28.6 Å². The van der Waals surface area contributed by atoms with E-state index in [1.165, 1.54) is 12.1 Å². The number of amides is 1. The van der Waals surface area contributed by atoms with Crippen LogP contribution < -0.4 is 14.8 Å². The Morgan fingerprint density at radius 2 is 1.76 bits per heavy atom. The lowest BCUT2D eigenvalue weighted by Crippen LogP contribution is -2.27. The van der Waals surface area contributed by atoms with Gasteiger partial charge in [0.05, 0.1) is 10.2 Å². The molecule has 170 valence electrons. The van der Waals surface area contributed by atoms with Gasteiger partial charge < -0.3 is 19.9 Å². The first kappa shape index (κ1) is 24.2. The molecule has 0 atom stereocenters. The minimum absolute atomic E-state index is 0.00540. The first-order valence-corrected chi connectivity index (χ1v) is 11.1. The van der Waals surface area contributed by atoms with E-state index < -0.39 is 11.9 Å². The fourth-order valence-electron chi connectivity index (χ4n) is 2.94. The summed E-state index contributed by atoms with van der Waals surface area (Å²) < 4.78 is 26.1. The number of nitrogens with one attached hydrogen (secondary N) is 1. The Labute approximate surface area is 204 Å². The molecule has 0 aliphatic carbocycles. The smallest absolute Gasteiger partial charge is 0.352 e. The lowest BCUT2D eigenvalue weighted by molar-refractivity contribution is -0.132. The van der Waals surface area contributed by atoms with E-state index in [0.29, 0.717) is 38.4 Å². The molecule has 0 heterocycles. The van der Waals surface area contributed by atoms with Crippen molar-refractivity contribution in [2.45, 2.75) is 13.5 Å². The third-order valence-corrected chi connectivity index (χ3v) is 5.29. The molecule has 3 aromatic carbocycles. The van der Waals surface area contributed by atoms with Gasteiger partial charge in [-0.1, -0.05) is 36.4 Å². The van der Waals surface area contributed by atoms with Crippen molar-refractivity contribution in [2.24, 2.45) is 0 Å². The van der Waals surface area contributed by atoms with Crippen LogP contribution >= 0.6 is 22.6 Å². The number of carboxylic acids is 1. The summed E-state index contributed by atoms with van der Waals surface area (Å²) in [5.41, 5.74) is 0.941. The van der Waals surface area contributed by atoms with Gasteiger partial charge >= 0.3 is 5.97 Å². The summed E-state index contributed by atoms with van der Waals surface area (Å²) in [6.45, 7) is 2.15. The third-order valence-electron chi connectivity index (χ3n) is 4.49. The Kier molecular flexibility index (Phi) is 8.42. The molecule has 3 aromatic rings. The van der Waals surface area contributed by atoms with Crippen LogP contribution in [0.5, 0.6) is 11.5 Å². The Bertz CT molecular complexity index is 1180. The molecule has 0 aromatic heterocycles. The molecule has 0 bridgehead atoms. The monoisotopic (exact) mass is 561 g/mol. The van der Waals surface area contributed by atoms with Gasteiger partial charge in [0.1, 0.15) is 18.1 Å². The lowest BCUT2D eigenvalue weighted by atomic mass is 10.1. The summed E-state index contributed by atoms with van der Waals surface area (Å²) in [5, 5.41) is 12.0. The molecular weight excluding hydrogens is 540 g/mol. The Morgan fingerprint density at radius 1 is 1.06 bits per heavy atom. The average molecular weight is 561 g/mol. The summed E-state index contributed by atoms with van der Waals surface area (Å²) in [5.74, 6) is -1.39. The topological polar surface area (TPSA) is 84.9 Å². The van der Waals surface area contributed by atoms with E-state index >= 15 is 0 Å². The molecule has 0 unspecified atom stereocenters. The van der Waals surface area contributed by atoms with Gasteiger partial charge in [0, 0.05) is 11.1 Å². The minimum atomic E-state index is -1.29. The van der Waals surface area contributed by atoms with E-state index in [2.05, 4.69) is 5.32 Å². The molecule has 1 amide bonds. The number of halogens is 2. The number of carbonyl (C=O) groups is 2. The van der Waals surface area contributed by atoms with E-state index in [1.807, 2.05) is 22.6 Å². The summed E-state index contributed by atoms with van der Waals surface area (Å²) >= 11 is 2.04.